The Morgan fingerprint density at radius 2 is 2.09 bits per heavy atom. The van der Waals surface area contributed by atoms with Crippen molar-refractivity contribution in [2.45, 2.75) is 20.3 Å². The lowest BCUT2D eigenvalue weighted by molar-refractivity contribution is 0.0990. The van der Waals surface area contributed by atoms with E-state index in [0.29, 0.717) is 23.4 Å². The fourth-order valence-corrected chi connectivity index (χ4v) is 2.80. The van der Waals surface area contributed by atoms with Crippen LogP contribution in [0.15, 0.2) is 41.4 Å². The normalized spacial score (nSPS) is 13.6. The van der Waals surface area contributed by atoms with E-state index in [1.807, 2.05) is 18.2 Å². The van der Waals surface area contributed by atoms with Gasteiger partial charge in [0.05, 0.1) is 11.3 Å². The molecule has 0 bridgehead atoms. The highest BCUT2D eigenvalue weighted by molar-refractivity contribution is 6.10. The van der Waals surface area contributed by atoms with Crippen molar-refractivity contribution in [1.29, 1.82) is 0 Å². The van der Waals surface area contributed by atoms with E-state index < -0.39 is 0 Å². The van der Waals surface area contributed by atoms with Gasteiger partial charge in [-0.1, -0.05) is 18.2 Å². The van der Waals surface area contributed by atoms with Gasteiger partial charge in [0.1, 0.15) is 5.75 Å². The number of anilines is 1. The van der Waals surface area contributed by atoms with Crippen molar-refractivity contribution in [2.75, 3.05) is 11.4 Å². The van der Waals surface area contributed by atoms with Crippen molar-refractivity contribution in [3.05, 3.63) is 53.1 Å². The zero-order chi connectivity index (χ0) is 15.7. The summed E-state index contributed by atoms with van der Waals surface area (Å²) in [6.07, 6.45) is 2.49. The number of benzene rings is 2. The first-order valence-corrected chi connectivity index (χ1v) is 7.34. The lowest BCUT2D eigenvalue weighted by atomic mass is 10.1. The lowest BCUT2D eigenvalue weighted by Crippen LogP contribution is -2.29. The van der Waals surface area contributed by atoms with Gasteiger partial charge < -0.3 is 10.0 Å². The molecule has 0 fully saturated rings. The van der Waals surface area contributed by atoms with Crippen LogP contribution in [0, 0.1) is 6.92 Å². The number of hydrogen-bond acceptors (Lipinski definition) is 3. The molecule has 0 aliphatic carbocycles. The lowest BCUT2D eigenvalue weighted by Gasteiger charge is -2.19. The zero-order valence-electron chi connectivity index (χ0n) is 12.7. The highest BCUT2D eigenvalue weighted by Gasteiger charge is 2.27. The first-order valence-electron chi connectivity index (χ1n) is 7.34. The van der Waals surface area contributed by atoms with Crippen molar-refractivity contribution in [2.24, 2.45) is 4.99 Å². The SMILES string of the molecule is CC=Nc1cc(O)c(C)cc1C(=O)N1CCc2ccccc21. The van der Waals surface area contributed by atoms with Gasteiger partial charge in [0.2, 0.25) is 0 Å². The average Bonchev–Trinajstić information content (AvgIpc) is 2.94. The summed E-state index contributed by atoms with van der Waals surface area (Å²) in [6, 6.07) is 11.2. The van der Waals surface area contributed by atoms with E-state index in [1.54, 1.807) is 37.1 Å². The highest BCUT2D eigenvalue weighted by Crippen LogP contribution is 2.33. The third kappa shape index (κ3) is 2.37. The zero-order valence-corrected chi connectivity index (χ0v) is 12.7. The molecule has 0 spiro atoms. The molecule has 2 aromatic rings. The Hall–Kier alpha value is -2.62. The molecule has 1 amide bonds. The fourth-order valence-electron chi connectivity index (χ4n) is 2.80. The van der Waals surface area contributed by atoms with Gasteiger partial charge >= 0.3 is 0 Å². The van der Waals surface area contributed by atoms with E-state index in [1.165, 1.54) is 5.56 Å². The summed E-state index contributed by atoms with van der Waals surface area (Å²) in [4.78, 5) is 19.0. The number of aryl methyl sites for hydroxylation is 1. The predicted octanol–water partition coefficient (Wildman–Crippen LogP) is 3.63. The maximum Gasteiger partial charge on any atom is 0.260 e. The number of carbonyl (C=O) groups excluding carboxylic acids is 1. The van der Waals surface area contributed by atoms with Crippen molar-refractivity contribution in [3.63, 3.8) is 0 Å². The van der Waals surface area contributed by atoms with Crippen LogP contribution in [0.25, 0.3) is 0 Å². The summed E-state index contributed by atoms with van der Waals surface area (Å²) in [7, 11) is 0. The third-order valence-corrected chi connectivity index (χ3v) is 3.95. The number of fused-ring (bicyclic) bond motifs is 1. The number of carbonyl (C=O) groups is 1. The Labute approximate surface area is 129 Å². The Kier molecular flexibility index (Phi) is 3.67. The monoisotopic (exact) mass is 294 g/mol. The number of amides is 1. The van der Waals surface area contributed by atoms with Crippen LogP contribution in [0.4, 0.5) is 11.4 Å². The van der Waals surface area contributed by atoms with Crippen LogP contribution >= 0.6 is 0 Å². The Bertz CT molecular complexity index is 766. The average molecular weight is 294 g/mol. The summed E-state index contributed by atoms with van der Waals surface area (Å²) in [5, 5.41) is 9.86. The molecule has 0 unspecified atom stereocenters. The second-order valence-electron chi connectivity index (χ2n) is 5.38. The van der Waals surface area contributed by atoms with Gasteiger partial charge in [-0.2, -0.15) is 0 Å². The Morgan fingerprint density at radius 3 is 2.86 bits per heavy atom. The molecular weight excluding hydrogens is 276 g/mol. The van der Waals surface area contributed by atoms with E-state index in [9.17, 15) is 9.90 Å². The van der Waals surface area contributed by atoms with Crippen molar-refractivity contribution in [1.82, 2.24) is 0 Å². The standard InChI is InChI=1S/C18H18N2O2/c1-3-19-15-11-17(21)12(2)10-14(15)18(22)20-9-8-13-6-4-5-7-16(13)20/h3-7,10-11,21H,8-9H2,1-2H3. The predicted molar refractivity (Wildman–Crippen MR) is 88.5 cm³/mol. The van der Waals surface area contributed by atoms with Gasteiger partial charge in [0.25, 0.3) is 5.91 Å². The molecule has 1 heterocycles. The van der Waals surface area contributed by atoms with E-state index in [-0.39, 0.29) is 11.7 Å². The molecule has 3 rings (SSSR count). The van der Waals surface area contributed by atoms with Crippen LogP contribution in [0.1, 0.15) is 28.4 Å². The van der Waals surface area contributed by atoms with Crippen LogP contribution in [0.3, 0.4) is 0 Å². The molecule has 4 nitrogen and oxygen atoms in total. The van der Waals surface area contributed by atoms with Gasteiger partial charge in [-0.25, -0.2) is 0 Å². The number of phenolic OH excluding ortho intramolecular Hbond substituents is 1. The minimum absolute atomic E-state index is 0.0753. The maximum atomic E-state index is 12.9. The molecule has 1 aliphatic heterocycles. The number of aromatic hydroxyl groups is 1. The number of hydrogen-bond donors (Lipinski definition) is 1. The van der Waals surface area contributed by atoms with Gasteiger partial charge in [-0.3, -0.25) is 9.79 Å². The number of phenols is 1. The Morgan fingerprint density at radius 1 is 1.32 bits per heavy atom. The van der Waals surface area contributed by atoms with Crippen LogP contribution in [0.5, 0.6) is 5.75 Å². The van der Waals surface area contributed by atoms with Gasteiger partial charge in [0.15, 0.2) is 0 Å². The topological polar surface area (TPSA) is 52.9 Å². The second kappa shape index (κ2) is 5.64. The molecule has 22 heavy (non-hydrogen) atoms. The first-order chi connectivity index (χ1) is 10.6. The minimum atomic E-state index is -0.0753. The number of rotatable bonds is 2. The summed E-state index contributed by atoms with van der Waals surface area (Å²) in [6.45, 7) is 4.24. The molecule has 0 radical (unpaired) electrons. The van der Waals surface area contributed by atoms with Crippen molar-refractivity contribution in [3.8, 4) is 5.75 Å². The molecule has 112 valence electrons. The van der Waals surface area contributed by atoms with Gasteiger partial charge in [-0.15, -0.1) is 0 Å². The Balaban J connectivity index is 2.05. The molecule has 2 aromatic carbocycles. The molecule has 1 N–H and O–H groups in total. The largest absolute Gasteiger partial charge is 0.508 e. The number of nitrogens with zero attached hydrogens (tertiary/aromatic N) is 2. The summed E-state index contributed by atoms with van der Waals surface area (Å²) < 4.78 is 0. The summed E-state index contributed by atoms with van der Waals surface area (Å²) >= 11 is 0. The van der Waals surface area contributed by atoms with Gasteiger partial charge in [0, 0.05) is 24.5 Å². The van der Waals surface area contributed by atoms with Gasteiger partial charge in [-0.05, 0) is 43.5 Å². The fraction of sp³-hybridized carbons (Fsp3) is 0.222. The van der Waals surface area contributed by atoms with Crippen LogP contribution in [-0.4, -0.2) is 23.8 Å². The minimum Gasteiger partial charge on any atom is -0.508 e. The quantitative estimate of drug-likeness (QED) is 0.860. The van der Waals surface area contributed by atoms with E-state index in [2.05, 4.69) is 11.1 Å². The smallest absolute Gasteiger partial charge is 0.260 e. The molecule has 0 saturated carbocycles. The van der Waals surface area contributed by atoms with Crippen LogP contribution in [-0.2, 0) is 6.42 Å². The maximum absolute atomic E-state index is 12.9. The third-order valence-electron chi connectivity index (χ3n) is 3.95. The molecule has 4 heteroatoms. The van der Waals surface area contributed by atoms with Crippen molar-refractivity contribution >= 4 is 23.5 Å². The number of aliphatic imine (C=N–C) groups is 1. The molecule has 0 aromatic heterocycles. The molecule has 1 aliphatic rings. The van der Waals surface area contributed by atoms with Crippen LogP contribution < -0.4 is 4.90 Å². The highest BCUT2D eigenvalue weighted by atomic mass is 16.3. The first kappa shape index (κ1) is 14.3. The van der Waals surface area contributed by atoms with E-state index in [0.717, 1.165) is 12.1 Å². The second-order valence-corrected chi connectivity index (χ2v) is 5.38. The molecular formula is C18H18N2O2. The summed E-state index contributed by atoms with van der Waals surface area (Å²) in [5.74, 6) is 0.0765. The summed E-state index contributed by atoms with van der Waals surface area (Å²) in [5.41, 5.74) is 3.84. The van der Waals surface area contributed by atoms with E-state index in [4.69, 9.17) is 0 Å². The number of para-hydroxylation sites is 1. The van der Waals surface area contributed by atoms with Crippen molar-refractivity contribution < 1.29 is 9.90 Å². The van der Waals surface area contributed by atoms with E-state index >= 15 is 0 Å². The molecule has 0 saturated heterocycles. The van der Waals surface area contributed by atoms with Crippen LogP contribution in [0.2, 0.25) is 0 Å². The molecule has 0 atom stereocenters.